The third-order valence-electron chi connectivity index (χ3n) is 3.59. The van der Waals surface area contributed by atoms with Gasteiger partial charge in [0.1, 0.15) is 11.6 Å². The molecule has 4 aromatic rings. The molecule has 0 unspecified atom stereocenters. The number of rotatable bonds is 6. The van der Waals surface area contributed by atoms with Crippen LogP contribution in [-0.4, -0.2) is 19.9 Å². The molecule has 0 aliphatic heterocycles. The second-order valence-corrected chi connectivity index (χ2v) is 7.41. The third-order valence-corrected chi connectivity index (χ3v) is 5.76. The zero-order chi connectivity index (χ0) is 17.9. The van der Waals surface area contributed by atoms with Crippen LogP contribution in [0.25, 0.3) is 10.2 Å². The highest BCUT2D eigenvalue weighted by molar-refractivity contribution is 7.98. The second-order valence-electron chi connectivity index (χ2n) is 5.35. The summed E-state index contributed by atoms with van der Waals surface area (Å²) in [7, 11) is 0. The number of hydrogen-bond acceptors (Lipinski definition) is 7. The average molecular weight is 387 g/mol. The Kier molecular flexibility index (Phi) is 4.72. The van der Waals surface area contributed by atoms with Crippen LogP contribution in [0.15, 0.2) is 53.7 Å². The van der Waals surface area contributed by atoms with Crippen molar-refractivity contribution in [2.45, 2.75) is 17.5 Å². The summed E-state index contributed by atoms with van der Waals surface area (Å²) in [5, 5.41) is 9.63. The van der Waals surface area contributed by atoms with Crippen LogP contribution in [-0.2, 0) is 12.4 Å². The average Bonchev–Trinajstić information content (AvgIpc) is 3.22. The zero-order valence-electron chi connectivity index (χ0n) is 13.5. The number of aromatic nitrogens is 4. The molecule has 0 aliphatic rings. The number of nitrogen functional groups attached to an aromatic ring is 1. The van der Waals surface area contributed by atoms with E-state index < -0.39 is 5.82 Å². The standard InChI is InChI=1S/C17H14FN5OS2/c18-11-5-1-3-7-13(11)24-9-15-21-22-17(23(15)19)25-10-16-20-12-6-2-4-8-14(12)26-16/h1-8H,9-10,19H2. The van der Waals surface area contributed by atoms with Crippen LogP contribution in [0.4, 0.5) is 4.39 Å². The Hall–Kier alpha value is -2.65. The number of hydrogen-bond donors (Lipinski definition) is 1. The molecule has 2 heterocycles. The number of para-hydroxylation sites is 2. The summed E-state index contributed by atoms with van der Waals surface area (Å²) in [5.41, 5.74) is 0.987. The van der Waals surface area contributed by atoms with Crippen LogP contribution in [0.3, 0.4) is 0 Å². The molecule has 9 heteroatoms. The van der Waals surface area contributed by atoms with Crippen LogP contribution in [0, 0.1) is 5.82 Å². The van der Waals surface area contributed by atoms with Crippen LogP contribution >= 0.6 is 23.1 Å². The number of halogens is 1. The highest BCUT2D eigenvalue weighted by Crippen LogP contribution is 2.27. The first-order valence-corrected chi connectivity index (χ1v) is 9.55. The Bertz CT molecular complexity index is 1020. The van der Waals surface area contributed by atoms with Crippen molar-refractivity contribution in [2.24, 2.45) is 0 Å². The Morgan fingerprint density at radius 2 is 1.92 bits per heavy atom. The summed E-state index contributed by atoms with van der Waals surface area (Å²) < 4.78 is 21.5. The molecule has 0 saturated carbocycles. The molecular formula is C17H14FN5OS2. The molecule has 2 aromatic heterocycles. The van der Waals surface area contributed by atoms with Gasteiger partial charge in [-0.15, -0.1) is 21.5 Å². The maximum absolute atomic E-state index is 13.6. The van der Waals surface area contributed by atoms with Gasteiger partial charge in [0.15, 0.2) is 17.4 Å². The third kappa shape index (κ3) is 3.49. The van der Waals surface area contributed by atoms with E-state index in [0.29, 0.717) is 16.7 Å². The van der Waals surface area contributed by atoms with Crippen molar-refractivity contribution in [3.05, 3.63) is 65.2 Å². The number of thiazole rings is 1. The molecule has 0 amide bonds. The van der Waals surface area contributed by atoms with Crippen molar-refractivity contribution in [3.63, 3.8) is 0 Å². The van der Waals surface area contributed by atoms with Crippen molar-refractivity contribution in [3.8, 4) is 5.75 Å². The van der Waals surface area contributed by atoms with Crippen molar-refractivity contribution in [2.75, 3.05) is 5.84 Å². The van der Waals surface area contributed by atoms with Gasteiger partial charge in [-0.05, 0) is 24.3 Å². The van der Waals surface area contributed by atoms with Gasteiger partial charge in [0.2, 0.25) is 5.16 Å². The van der Waals surface area contributed by atoms with Gasteiger partial charge >= 0.3 is 0 Å². The summed E-state index contributed by atoms with van der Waals surface area (Å²) in [6.07, 6.45) is 0. The molecule has 6 nitrogen and oxygen atoms in total. The fourth-order valence-electron chi connectivity index (χ4n) is 2.32. The molecule has 0 bridgehead atoms. The molecule has 2 N–H and O–H groups in total. The van der Waals surface area contributed by atoms with Crippen molar-refractivity contribution >= 4 is 33.3 Å². The highest BCUT2D eigenvalue weighted by Gasteiger charge is 2.13. The quantitative estimate of drug-likeness (QED) is 0.402. The first-order valence-electron chi connectivity index (χ1n) is 7.74. The minimum absolute atomic E-state index is 0.0339. The Morgan fingerprint density at radius 3 is 2.77 bits per heavy atom. The largest absolute Gasteiger partial charge is 0.482 e. The van der Waals surface area contributed by atoms with Crippen LogP contribution in [0.2, 0.25) is 0 Å². The van der Waals surface area contributed by atoms with E-state index in [0.717, 1.165) is 15.2 Å². The molecule has 132 valence electrons. The van der Waals surface area contributed by atoms with Gasteiger partial charge in [-0.1, -0.05) is 36.0 Å². The summed E-state index contributed by atoms with van der Waals surface area (Å²) >= 11 is 3.09. The number of nitrogens with zero attached hydrogens (tertiary/aromatic N) is 4. The number of nitrogens with two attached hydrogens (primary N) is 1. The molecular weight excluding hydrogens is 373 g/mol. The van der Waals surface area contributed by atoms with E-state index in [1.807, 2.05) is 24.3 Å². The van der Waals surface area contributed by atoms with Crippen LogP contribution in [0.1, 0.15) is 10.8 Å². The smallest absolute Gasteiger partial charge is 0.210 e. The van der Waals surface area contributed by atoms with Gasteiger partial charge in [0.25, 0.3) is 0 Å². The van der Waals surface area contributed by atoms with Crippen molar-refractivity contribution in [1.82, 2.24) is 19.9 Å². The van der Waals surface area contributed by atoms with E-state index in [-0.39, 0.29) is 12.4 Å². The lowest BCUT2D eigenvalue weighted by Crippen LogP contribution is -2.16. The summed E-state index contributed by atoms with van der Waals surface area (Å²) in [4.78, 5) is 4.58. The maximum atomic E-state index is 13.6. The predicted octanol–water partition coefficient (Wildman–Crippen LogP) is 3.61. The number of fused-ring (bicyclic) bond motifs is 1. The first-order chi connectivity index (χ1) is 12.7. The Labute approximate surface area is 156 Å². The zero-order valence-corrected chi connectivity index (χ0v) is 15.1. The SMILES string of the molecule is Nn1c(COc2ccccc2F)nnc1SCc1nc2ccccc2s1. The fraction of sp³-hybridized carbons (Fsp3) is 0.118. The van der Waals surface area contributed by atoms with E-state index in [9.17, 15) is 4.39 Å². The molecule has 0 atom stereocenters. The molecule has 4 rings (SSSR count). The second kappa shape index (κ2) is 7.30. The first kappa shape index (κ1) is 16.8. The van der Waals surface area contributed by atoms with Gasteiger partial charge in [-0.2, -0.15) is 0 Å². The van der Waals surface area contributed by atoms with Gasteiger partial charge in [-0.3, -0.25) is 0 Å². The highest BCUT2D eigenvalue weighted by atomic mass is 32.2. The topological polar surface area (TPSA) is 78.9 Å². The van der Waals surface area contributed by atoms with Gasteiger partial charge in [0.05, 0.1) is 16.0 Å². The normalized spacial score (nSPS) is 11.1. The fourth-order valence-corrected chi connectivity index (χ4v) is 4.15. The van der Waals surface area contributed by atoms with Crippen molar-refractivity contribution < 1.29 is 9.13 Å². The maximum Gasteiger partial charge on any atom is 0.210 e. The van der Waals surface area contributed by atoms with E-state index in [1.165, 1.54) is 22.5 Å². The van der Waals surface area contributed by atoms with Gasteiger partial charge in [0, 0.05) is 0 Å². The number of thioether (sulfide) groups is 1. The van der Waals surface area contributed by atoms with E-state index in [4.69, 9.17) is 10.6 Å². The molecule has 26 heavy (non-hydrogen) atoms. The minimum Gasteiger partial charge on any atom is -0.482 e. The van der Waals surface area contributed by atoms with Gasteiger partial charge in [-0.25, -0.2) is 14.1 Å². The lowest BCUT2D eigenvalue weighted by atomic mass is 10.3. The summed E-state index contributed by atoms with van der Waals surface area (Å²) in [6, 6.07) is 14.2. The number of benzene rings is 2. The molecule has 0 radical (unpaired) electrons. The Morgan fingerprint density at radius 1 is 1.12 bits per heavy atom. The summed E-state index contributed by atoms with van der Waals surface area (Å²) in [6.45, 7) is 0.0339. The molecule has 0 fully saturated rings. The lowest BCUT2D eigenvalue weighted by Gasteiger charge is -2.06. The Balaban J connectivity index is 1.41. The monoisotopic (exact) mass is 387 g/mol. The molecule has 0 spiro atoms. The minimum atomic E-state index is -0.430. The summed E-state index contributed by atoms with van der Waals surface area (Å²) in [5.74, 6) is 6.81. The molecule has 2 aromatic carbocycles. The molecule has 0 saturated heterocycles. The van der Waals surface area contributed by atoms with Crippen molar-refractivity contribution in [1.29, 1.82) is 0 Å². The van der Waals surface area contributed by atoms with E-state index in [2.05, 4.69) is 15.2 Å². The lowest BCUT2D eigenvalue weighted by molar-refractivity contribution is 0.277. The van der Waals surface area contributed by atoms with Crippen LogP contribution in [0.5, 0.6) is 5.75 Å². The van der Waals surface area contributed by atoms with E-state index >= 15 is 0 Å². The predicted molar refractivity (Wildman–Crippen MR) is 100 cm³/mol. The number of ether oxygens (including phenoxy) is 1. The van der Waals surface area contributed by atoms with Crippen LogP contribution < -0.4 is 10.6 Å². The molecule has 0 aliphatic carbocycles. The van der Waals surface area contributed by atoms with Gasteiger partial charge < -0.3 is 10.6 Å². The van der Waals surface area contributed by atoms with E-state index in [1.54, 1.807) is 29.5 Å².